The smallest absolute Gasteiger partial charge is 0.123 e. The van der Waals surface area contributed by atoms with Crippen LogP contribution in [0.5, 0.6) is 5.75 Å². The summed E-state index contributed by atoms with van der Waals surface area (Å²) in [7, 11) is 1.93. The summed E-state index contributed by atoms with van der Waals surface area (Å²) in [4.78, 5) is 0. The van der Waals surface area contributed by atoms with Crippen LogP contribution in [0.1, 0.15) is 28.3 Å². The van der Waals surface area contributed by atoms with Crippen molar-refractivity contribution < 1.29 is 9.13 Å². The van der Waals surface area contributed by atoms with Crippen LogP contribution in [0.15, 0.2) is 36.4 Å². The summed E-state index contributed by atoms with van der Waals surface area (Å²) in [5, 5.41) is 3.32. The van der Waals surface area contributed by atoms with Crippen LogP contribution in [0.3, 0.4) is 0 Å². The fourth-order valence-electron chi connectivity index (χ4n) is 2.85. The second-order valence-corrected chi connectivity index (χ2v) is 5.19. The number of hydrogen-bond donors (Lipinski definition) is 1. The molecule has 2 aromatic carbocycles. The van der Waals surface area contributed by atoms with Crippen LogP contribution < -0.4 is 10.1 Å². The average molecular weight is 271 g/mol. The van der Waals surface area contributed by atoms with Crippen molar-refractivity contribution in [1.82, 2.24) is 5.32 Å². The molecular weight excluding hydrogens is 253 g/mol. The number of rotatable bonds is 3. The van der Waals surface area contributed by atoms with E-state index < -0.39 is 0 Å². The number of benzene rings is 2. The lowest BCUT2D eigenvalue weighted by molar-refractivity contribution is 0.357. The zero-order valence-electron chi connectivity index (χ0n) is 11.7. The molecule has 3 heteroatoms. The van der Waals surface area contributed by atoms with Gasteiger partial charge < -0.3 is 10.1 Å². The minimum Gasteiger partial charge on any atom is -0.493 e. The Kier molecular flexibility index (Phi) is 3.45. The van der Waals surface area contributed by atoms with Crippen molar-refractivity contribution >= 4 is 0 Å². The molecule has 0 aromatic heterocycles. The molecule has 2 nitrogen and oxygen atoms in total. The van der Waals surface area contributed by atoms with Gasteiger partial charge in [0.05, 0.1) is 12.6 Å². The Morgan fingerprint density at radius 1 is 1.20 bits per heavy atom. The second-order valence-electron chi connectivity index (χ2n) is 5.19. The Morgan fingerprint density at radius 3 is 2.80 bits per heavy atom. The van der Waals surface area contributed by atoms with Gasteiger partial charge in [0.2, 0.25) is 0 Å². The molecule has 1 aliphatic rings. The molecule has 1 N–H and O–H groups in total. The molecule has 1 aliphatic heterocycles. The SMILES string of the molecule is CNC(c1ccc2c(c1)CCO2)c1ccc(F)cc1C. The molecule has 0 saturated heterocycles. The first kappa shape index (κ1) is 13.1. The van der Waals surface area contributed by atoms with Crippen LogP contribution in [0.25, 0.3) is 0 Å². The Labute approximate surface area is 118 Å². The molecule has 0 aliphatic carbocycles. The third-order valence-corrected chi connectivity index (χ3v) is 3.88. The number of ether oxygens (including phenoxy) is 1. The van der Waals surface area contributed by atoms with Gasteiger partial charge in [-0.3, -0.25) is 0 Å². The van der Waals surface area contributed by atoms with E-state index in [9.17, 15) is 4.39 Å². The molecule has 1 unspecified atom stereocenters. The van der Waals surface area contributed by atoms with E-state index in [0.29, 0.717) is 0 Å². The highest BCUT2D eigenvalue weighted by molar-refractivity contribution is 5.44. The fourth-order valence-corrected chi connectivity index (χ4v) is 2.85. The maximum absolute atomic E-state index is 13.3. The van der Waals surface area contributed by atoms with Crippen molar-refractivity contribution in [2.75, 3.05) is 13.7 Å². The molecule has 0 radical (unpaired) electrons. The van der Waals surface area contributed by atoms with Crippen LogP contribution in [-0.4, -0.2) is 13.7 Å². The normalized spacial score (nSPS) is 14.8. The molecule has 20 heavy (non-hydrogen) atoms. The van der Waals surface area contributed by atoms with Gasteiger partial charge in [-0.25, -0.2) is 4.39 Å². The summed E-state index contributed by atoms with van der Waals surface area (Å²) in [6, 6.07) is 11.3. The molecule has 1 heterocycles. The van der Waals surface area contributed by atoms with E-state index >= 15 is 0 Å². The van der Waals surface area contributed by atoms with Crippen molar-refractivity contribution in [1.29, 1.82) is 0 Å². The molecule has 104 valence electrons. The molecule has 0 amide bonds. The van der Waals surface area contributed by atoms with Gasteiger partial charge >= 0.3 is 0 Å². The van der Waals surface area contributed by atoms with Crippen molar-refractivity contribution in [2.24, 2.45) is 0 Å². The lowest BCUT2D eigenvalue weighted by Gasteiger charge is -2.20. The summed E-state index contributed by atoms with van der Waals surface area (Å²) in [5.74, 6) is 0.794. The van der Waals surface area contributed by atoms with Crippen molar-refractivity contribution in [3.63, 3.8) is 0 Å². The number of hydrogen-bond acceptors (Lipinski definition) is 2. The first-order valence-electron chi connectivity index (χ1n) is 6.88. The molecule has 0 bridgehead atoms. The van der Waals surface area contributed by atoms with Crippen LogP contribution in [0.4, 0.5) is 4.39 Å². The standard InChI is InChI=1S/C17H18FNO/c1-11-9-14(18)4-5-15(11)17(19-2)13-3-6-16-12(10-13)7-8-20-16/h3-6,9-10,17,19H,7-8H2,1-2H3. The van der Waals surface area contributed by atoms with Crippen molar-refractivity contribution in [3.05, 3.63) is 64.5 Å². The molecular formula is C17H18FNO. The van der Waals surface area contributed by atoms with Crippen LogP contribution in [-0.2, 0) is 6.42 Å². The largest absolute Gasteiger partial charge is 0.493 e. The van der Waals surface area contributed by atoms with E-state index in [1.54, 1.807) is 6.07 Å². The van der Waals surface area contributed by atoms with Crippen LogP contribution in [0, 0.1) is 12.7 Å². The number of nitrogens with one attached hydrogen (secondary N) is 1. The minimum atomic E-state index is -0.191. The number of aryl methyl sites for hydroxylation is 1. The fraction of sp³-hybridized carbons (Fsp3) is 0.294. The van der Waals surface area contributed by atoms with Gasteiger partial charge in [0.15, 0.2) is 0 Å². The first-order chi connectivity index (χ1) is 9.69. The van der Waals surface area contributed by atoms with Gasteiger partial charge in [-0.15, -0.1) is 0 Å². The van der Waals surface area contributed by atoms with E-state index in [-0.39, 0.29) is 11.9 Å². The molecule has 2 aromatic rings. The lowest BCUT2D eigenvalue weighted by atomic mass is 9.93. The van der Waals surface area contributed by atoms with E-state index in [1.807, 2.05) is 26.1 Å². The van der Waals surface area contributed by atoms with Gasteiger partial charge in [-0.05, 0) is 54.4 Å². The highest BCUT2D eigenvalue weighted by atomic mass is 19.1. The third-order valence-electron chi connectivity index (χ3n) is 3.88. The monoisotopic (exact) mass is 271 g/mol. The summed E-state index contributed by atoms with van der Waals surface area (Å²) >= 11 is 0. The van der Waals surface area contributed by atoms with E-state index in [4.69, 9.17) is 4.74 Å². The predicted octanol–water partition coefficient (Wildman–Crippen LogP) is 3.38. The maximum atomic E-state index is 13.3. The summed E-state index contributed by atoms with van der Waals surface area (Å²) < 4.78 is 18.8. The van der Waals surface area contributed by atoms with Gasteiger partial charge in [-0.2, -0.15) is 0 Å². The zero-order valence-corrected chi connectivity index (χ0v) is 11.7. The van der Waals surface area contributed by atoms with Gasteiger partial charge in [0, 0.05) is 6.42 Å². The Morgan fingerprint density at radius 2 is 2.05 bits per heavy atom. The van der Waals surface area contributed by atoms with Gasteiger partial charge in [0.25, 0.3) is 0 Å². The molecule has 0 saturated carbocycles. The van der Waals surface area contributed by atoms with Crippen LogP contribution >= 0.6 is 0 Å². The van der Waals surface area contributed by atoms with Crippen LogP contribution in [0.2, 0.25) is 0 Å². The number of fused-ring (bicyclic) bond motifs is 1. The predicted molar refractivity (Wildman–Crippen MR) is 77.7 cm³/mol. The molecule has 0 fully saturated rings. The van der Waals surface area contributed by atoms with Crippen molar-refractivity contribution in [2.45, 2.75) is 19.4 Å². The highest BCUT2D eigenvalue weighted by Crippen LogP contribution is 2.31. The Balaban J connectivity index is 2.01. The summed E-state index contributed by atoms with van der Waals surface area (Å²) in [5.41, 5.74) is 4.50. The average Bonchev–Trinajstić information content (AvgIpc) is 2.89. The van der Waals surface area contributed by atoms with E-state index in [1.165, 1.54) is 17.2 Å². The molecule has 0 spiro atoms. The van der Waals surface area contributed by atoms with Crippen molar-refractivity contribution in [3.8, 4) is 5.75 Å². The lowest BCUT2D eigenvalue weighted by Crippen LogP contribution is -2.18. The number of halogens is 1. The maximum Gasteiger partial charge on any atom is 0.123 e. The second kappa shape index (κ2) is 5.25. The highest BCUT2D eigenvalue weighted by Gasteiger charge is 2.18. The summed E-state index contributed by atoms with van der Waals surface area (Å²) in [6.45, 7) is 2.71. The quantitative estimate of drug-likeness (QED) is 0.924. The van der Waals surface area contributed by atoms with E-state index in [2.05, 4.69) is 17.4 Å². The van der Waals surface area contributed by atoms with E-state index in [0.717, 1.165) is 29.9 Å². The third kappa shape index (κ3) is 2.29. The first-order valence-corrected chi connectivity index (χ1v) is 6.88. The molecule has 1 atom stereocenters. The topological polar surface area (TPSA) is 21.3 Å². The molecule has 3 rings (SSSR count). The summed E-state index contributed by atoms with van der Waals surface area (Å²) in [6.07, 6.45) is 0.960. The Bertz CT molecular complexity index is 639. The van der Waals surface area contributed by atoms with Gasteiger partial charge in [0.1, 0.15) is 11.6 Å². The zero-order chi connectivity index (χ0) is 14.1. The van der Waals surface area contributed by atoms with Gasteiger partial charge in [-0.1, -0.05) is 18.2 Å². The Hall–Kier alpha value is -1.87. The minimum absolute atomic E-state index is 0.0708.